The minimum Gasteiger partial charge on any atom is -0.465 e. The van der Waals surface area contributed by atoms with Crippen molar-refractivity contribution in [2.75, 3.05) is 25.0 Å². The van der Waals surface area contributed by atoms with E-state index in [0.717, 1.165) is 43.4 Å². The van der Waals surface area contributed by atoms with Crippen LogP contribution in [0.2, 0.25) is 0 Å². The van der Waals surface area contributed by atoms with Crippen molar-refractivity contribution in [3.05, 3.63) is 6.20 Å². The number of amides is 2. The van der Waals surface area contributed by atoms with E-state index >= 15 is 0 Å². The van der Waals surface area contributed by atoms with Crippen LogP contribution in [0.4, 0.5) is 9.93 Å². The molecule has 1 aromatic rings. The van der Waals surface area contributed by atoms with Crippen LogP contribution in [0.25, 0.3) is 0 Å². The summed E-state index contributed by atoms with van der Waals surface area (Å²) in [7, 11) is -3.92. The van der Waals surface area contributed by atoms with Crippen LogP contribution in [0.15, 0.2) is 10.4 Å². The molecule has 1 saturated carbocycles. The zero-order valence-corrected chi connectivity index (χ0v) is 20.4. The summed E-state index contributed by atoms with van der Waals surface area (Å²) >= 11 is 0.850. The normalized spacial score (nSPS) is 19.3. The third-order valence-electron chi connectivity index (χ3n) is 5.31. The number of ether oxygens (including phenoxy) is 1. The van der Waals surface area contributed by atoms with E-state index in [-0.39, 0.29) is 28.0 Å². The number of esters is 1. The number of thiazole rings is 1. The molecule has 1 heterocycles. The molecule has 0 atom stereocenters. The zero-order chi connectivity index (χ0) is 23.0. The SMILES string of the molecule is CCOC(=O)CNS(=O)(=O)c1cnc(NC(=O)N(CCC(C)C)C2CCC(C)CC2)s1. The molecule has 2 N–H and O–H groups in total. The summed E-state index contributed by atoms with van der Waals surface area (Å²) in [6, 6.07) is -0.0673. The number of urea groups is 1. The Morgan fingerprint density at radius 2 is 1.97 bits per heavy atom. The fourth-order valence-corrected chi connectivity index (χ4v) is 5.48. The van der Waals surface area contributed by atoms with Gasteiger partial charge in [0.15, 0.2) is 9.34 Å². The number of hydrogen-bond acceptors (Lipinski definition) is 7. The number of aromatic nitrogens is 1. The van der Waals surface area contributed by atoms with E-state index in [4.69, 9.17) is 4.74 Å². The number of sulfonamides is 1. The molecular formula is C20H34N4O5S2. The lowest BCUT2D eigenvalue weighted by molar-refractivity contribution is -0.141. The van der Waals surface area contributed by atoms with Crippen molar-refractivity contribution in [3.8, 4) is 0 Å². The van der Waals surface area contributed by atoms with Gasteiger partial charge < -0.3 is 9.64 Å². The Morgan fingerprint density at radius 1 is 1.29 bits per heavy atom. The average Bonchev–Trinajstić information content (AvgIpc) is 3.17. The standard InChI is InChI=1S/C20H34N4O5S2/c1-5-29-17(25)12-22-31(27,28)18-13-21-19(30-18)23-20(26)24(11-10-14(2)3)16-8-6-15(4)7-9-16/h13-16,22H,5-12H2,1-4H3,(H,21,23,26). The van der Waals surface area contributed by atoms with Gasteiger partial charge in [0.05, 0.1) is 12.8 Å². The monoisotopic (exact) mass is 474 g/mol. The van der Waals surface area contributed by atoms with E-state index in [2.05, 4.69) is 35.8 Å². The molecule has 1 aromatic heterocycles. The van der Waals surface area contributed by atoms with Gasteiger partial charge in [-0.2, -0.15) is 4.72 Å². The van der Waals surface area contributed by atoms with E-state index in [9.17, 15) is 18.0 Å². The highest BCUT2D eigenvalue weighted by molar-refractivity contribution is 7.91. The van der Waals surface area contributed by atoms with Crippen LogP contribution in [0.5, 0.6) is 0 Å². The summed E-state index contributed by atoms with van der Waals surface area (Å²) in [5, 5.41) is 2.97. The number of rotatable bonds is 10. The van der Waals surface area contributed by atoms with E-state index in [0.29, 0.717) is 18.4 Å². The quantitative estimate of drug-likeness (QED) is 0.502. The summed E-state index contributed by atoms with van der Waals surface area (Å²) in [5.41, 5.74) is 0. The molecule has 0 aromatic carbocycles. The minimum atomic E-state index is -3.92. The Hall–Kier alpha value is -1.72. The maximum absolute atomic E-state index is 13.0. The first-order valence-corrected chi connectivity index (χ1v) is 13.1. The lowest BCUT2D eigenvalue weighted by atomic mass is 9.86. The maximum atomic E-state index is 13.0. The molecule has 0 unspecified atom stereocenters. The summed E-state index contributed by atoms with van der Waals surface area (Å²) in [5.74, 6) is 0.492. The van der Waals surface area contributed by atoms with Gasteiger partial charge in [-0.15, -0.1) is 0 Å². The van der Waals surface area contributed by atoms with Gasteiger partial charge >= 0.3 is 12.0 Å². The summed E-state index contributed by atoms with van der Waals surface area (Å²) in [6.45, 7) is 8.50. The van der Waals surface area contributed by atoms with E-state index < -0.39 is 22.5 Å². The molecular weight excluding hydrogens is 440 g/mol. The molecule has 11 heteroatoms. The molecule has 1 aliphatic carbocycles. The number of nitrogens with zero attached hydrogens (tertiary/aromatic N) is 2. The Bertz CT molecular complexity index is 832. The van der Waals surface area contributed by atoms with Crippen molar-refractivity contribution in [2.45, 2.75) is 70.1 Å². The molecule has 0 aliphatic heterocycles. The molecule has 2 amide bonds. The first-order valence-electron chi connectivity index (χ1n) is 10.8. The van der Waals surface area contributed by atoms with E-state index in [1.165, 1.54) is 6.20 Å². The summed E-state index contributed by atoms with van der Waals surface area (Å²) in [6.07, 6.45) is 6.22. The van der Waals surface area contributed by atoms with Crippen LogP contribution in [0.1, 0.15) is 59.8 Å². The summed E-state index contributed by atoms with van der Waals surface area (Å²) in [4.78, 5) is 30.3. The van der Waals surface area contributed by atoms with E-state index in [1.807, 2.05) is 4.90 Å². The van der Waals surface area contributed by atoms with Crippen molar-refractivity contribution < 1.29 is 22.7 Å². The zero-order valence-electron chi connectivity index (χ0n) is 18.7. The molecule has 0 spiro atoms. The van der Waals surface area contributed by atoms with Crippen LogP contribution >= 0.6 is 11.3 Å². The number of hydrogen-bond donors (Lipinski definition) is 2. The fourth-order valence-electron chi connectivity index (χ4n) is 3.44. The van der Waals surface area contributed by atoms with Gasteiger partial charge in [0.25, 0.3) is 10.0 Å². The van der Waals surface area contributed by atoms with Crippen molar-refractivity contribution >= 4 is 38.5 Å². The molecule has 31 heavy (non-hydrogen) atoms. The third-order valence-corrected chi connectivity index (χ3v) is 8.08. The number of anilines is 1. The van der Waals surface area contributed by atoms with Crippen molar-refractivity contribution in [3.63, 3.8) is 0 Å². The molecule has 0 radical (unpaired) electrons. The van der Waals surface area contributed by atoms with Gasteiger partial charge in [-0.25, -0.2) is 18.2 Å². The molecule has 2 rings (SSSR count). The fraction of sp³-hybridized carbons (Fsp3) is 0.750. The molecule has 1 fully saturated rings. The minimum absolute atomic E-state index is 0.0766. The van der Waals surface area contributed by atoms with Gasteiger partial charge in [0.2, 0.25) is 0 Å². The van der Waals surface area contributed by atoms with Crippen molar-refractivity contribution in [2.24, 2.45) is 11.8 Å². The van der Waals surface area contributed by atoms with Gasteiger partial charge in [-0.1, -0.05) is 32.1 Å². The lowest BCUT2D eigenvalue weighted by Gasteiger charge is -2.36. The molecule has 176 valence electrons. The smallest absolute Gasteiger partial charge is 0.323 e. The highest BCUT2D eigenvalue weighted by Crippen LogP contribution is 2.29. The second-order valence-corrected chi connectivity index (χ2v) is 11.4. The number of carbonyl (C=O) groups is 2. The van der Waals surface area contributed by atoms with Crippen LogP contribution in [-0.2, 0) is 19.6 Å². The number of carbonyl (C=O) groups excluding carboxylic acids is 2. The van der Waals surface area contributed by atoms with Crippen LogP contribution in [0.3, 0.4) is 0 Å². The van der Waals surface area contributed by atoms with Gasteiger partial charge in [0.1, 0.15) is 6.54 Å². The first-order chi connectivity index (χ1) is 14.6. The van der Waals surface area contributed by atoms with Crippen molar-refractivity contribution in [1.82, 2.24) is 14.6 Å². The Labute approximate surface area is 189 Å². The third kappa shape index (κ3) is 8.04. The number of nitrogens with one attached hydrogen (secondary N) is 2. The Balaban J connectivity index is 2.03. The predicted octanol–water partition coefficient (Wildman–Crippen LogP) is 3.44. The predicted molar refractivity (Wildman–Crippen MR) is 121 cm³/mol. The van der Waals surface area contributed by atoms with Crippen molar-refractivity contribution in [1.29, 1.82) is 0 Å². The maximum Gasteiger partial charge on any atom is 0.323 e. The van der Waals surface area contributed by atoms with Gasteiger partial charge in [-0.05, 0) is 50.9 Å². The highest BCUT2D eigenvalue weighted by Gasteiger charge is 2.28. The largest absolute Gasteiger partial charge is 0.465 e. The molecule has 0 bridgehead atoms. The van der Waals surface area contributed by atoms with Gasteiger partial charge in [0, 0.05) is 12.6 Å². The Morgan fingerprint density at radius 3 is 2.58 bits per heavy atom. The highest BCUT2D eigenvalue weighted by atomic mass is 32.2. The van der Waals surface area contributed by atoms with Crippen LogP contribution in [0, 0.1) is 11.8 Å². The topological polar surface area (TPSA) is 118 Å². The molecule has 1 aliphatic rings. The second kappa shape index (κ2) is 11.8. The first kappa shape index (κ1) is 25.5. The van der Waals surface area contributed by atoms with E-state index in [1.54, 1.807) is 6.92 Å². The van der Waals surface area contributed by atoms with Crippen LogP contribution in [-0.4, -0.2) is 56.0 Å². The summed E-state index contributed by atoms with van der Waals surface area (Å²) < 4.78 is 31.5. The van der Waals surface area contributed by atoms with Crippen LogP contribution < -0.4 is 10.0 Å². The van der Waals surface area contributed by atoms with Gasteiger partial charge in [-0.3, -0.25) is 10.1 Å². The molecule has 9 nitrogen and oxygen atoms in total. The average molecular weight is 475 g/mol. The lowest BCUT2D eigenvalue weighted by Crippen LogP contribution is -2.45. The second-order valence-electron chi connectivity index (χ2n) is 8.33. The molecule has 0 saturated heterocycles. The Kier molecular flexibility index (Phi) is 9.70.